The molecule has 0 bridgehead atoms. The summed E-state index contributed by atoms with van der Waals surface area (Å²) in [5.41, 5.74) is 3.91. The molecule has 28 heavy (non-hydrogen) atoms. The third kappa shape index (κ3) is 5.58. The number of aromatic nitrogens is 1. The molecular weight excluding hydrogens is 354 g/mol. The summed E-state index contributed by atoms with van der Waals surface area (Å²) in [6.45, 7) is 5.47. The quantitative estimate of drug-likeness (QED) is 0.539. The molecule has 0 atom stereocenters. The minimum Gasteiger partial charge on any atom is -0.361 e. The maximum Gasteiger partial charge on any atom is 0.253 e. The van der Waals surface area contributed by atoms with E-state index in [-0.39, 0.29) is 5.91 Å². The number of benzene rings is 1. The number of guanidine groups is 1. The van der Waals surface area contributed by atoms with Gasteiger partial charge in [-0.05, 0) is 30.5 Å². The second-order valence-corrected chi connectivity index (χ2v) is 6.74. The van der Waals surface area contributed by atoms with Gasteiger partial charge < -0.3 is 20.1 Å². The molecule has 1 heterocycles. The van der Waals surface area contributed by atoms with Crippen LogP contribution in [0.4, 0.5) is 0 Å². The van der Waals surface area contributed by atoms with E-state index in [1.807, 2.05) is 24.3 Å². The van der Waals surface area contributed by atoms with Crippen molar-refractivity contribution in [3.05, 3.63) is 52.4 Å². The zero-order chi connectivity index (χ0) is 20.5. The smallest absolute Gasteiger partial charge is 0.253 e. The van der Waals surface area contributed by atoms with Crippen LogP contribution in [0.2, 0.25) is 0 Å². The van der Waals surface area contributed by atoms with Gasteiger partial charge >= 0.3 is 0 Å². The first-order valence-electron chi connectivity index (χ1n) is 9.71. The number of amides is 1. The zero-order valence-corrected chi connectivity index (χ0v) is 17.5. The highest BCUT2D eigenvalue weighted by atomic mass is 16.5. The summed E-state index contributed by atoms with van der Waals surface area (Å²) >= 11 is 0. The van der Waals surface area contributed by atoms with Crippen LogP contribution in [0.3, 0.4) is 0 Å². The molecule has 2 N–H and O–H groups in total. The fourth-order valence-corrected chi connectivity index (χ4v) is 2.97. The van der Waals surface area contributed by atoms with Crippen LogP contribution in [0.1, 0.15) is 46.8 Å². The lowest BCUT2D eigenvalue weighted by Crippen LogP contribution is -2.38. The monoisotopic (exact) mass is 385 g/mol. The van der Waals surface area contributed by atoms with Crippen molar-refractivity contribution in [3.8, 4) is 0 Å². The summed E-state index contributed by atoms with van der Waals surface area (Å²) in [5.74, 6) is 1.66. The van der Waals surface area contributed by atoms with E-state index in [2.05, 4.69) is 34.6 Å². The van der Waals surface area contributed by atoms with Gasteiger partial charge in [0.2, 0.25) is 0 Å². The van der Waals surface area contributed by atoms with E-state index in [1.54, 1.807) is 26.0 Å². The highest BCUT2D eigenvalue weighted by Crippen LogP contribution is 2.15. The van der Waals surface area contributed by atoms with E-state index >= 15 is 0 Å². The molecule has 7 nitrogen and oxygen atoms in total. The Balaban J connectivity index is 1.89. The minimum atomic E-state index is 0.0134. The Labute approximate surface area is 167 Å². The first kappa shape index (κ1) is 21.5. The highest BCUT2D eigenvalue weighted by molar-refractivity contribution is 5.94. The number of aliphatic imine (C=N–C) groups is 1. The molecular formula is C21H31N5O2. The zero-order valence-electron chi connectivity index (χ0n) is 17.5. The summed E-state index contributed by atoms with van der Waals surface area (Å²) in [4.78, 5) is 18.0. The minimum absolute atomic E-state index is 0.0134. The molecule has 0 aliphatic carbocycles. The van der Waals surface area contributed by atoms with Crippen molar-refractivity contribution in [2.45, 2.75) is 39.7 Å². The highest BCUT2D eigenvalue weighted by Gasteiger charge is 2.13. The largest absolute Gasteiger partial charge is 0.361 e. The number of rotatable bonds is 8. The third-order valence-corrected chi connectivity index (χ3v) is 4.55. The average molecular weight is 386 g/mol. The Morgan fingerprint density at radius 3 is 2.64 bits per heavy atom. The lowest BCUT2D eigenvalue weighted by molar-refractivity contribution is 0.0827. The Kier molecular flexibility index (Phi) is 8.04. The fraction of sp³-hybridized carbons (Fsp3) is 0.476. The third-order valence-electron chi connectivity index (χ3n) is 4.55. The van der Waals surface area contributed by atoms with Crippen molar-refractivity contribution in [2.24, 2.45) is 4.99 Å². The molecule has 0 saturated carbocycles. The second kappa shape index (κ2) is 10.5. The standard InChI is InChI=1S/C21H31N5O2/c1-6-18-17(19(7-2)28-25-18)14-24-21(22-3)23-12-11-15-9-8-10-16(13-15)20(27)26(4)5/h8-10,13H,6-7,11-12,14H2,1-5H3,(H2,22,23,24). The van der Waals surface area contributed by atoms with Crippen LogP contribution in [0, 0.1) is 0 Å². The summed E-state index contributed by atoms with van der Waals surface area (Å²) in [6.07, 6.45) is 2.45. The first-order chi connectivity index (χ1) is 13.5. The molecule has 0 fully saturated rings. The maximum atomic E-state index is 12.1. The van der Waals surface area contributed by atoms with Gasteiger partial charge in [-0.2, -0.15) is 0 Å². The van der Waals surface area contributed by atoms with Gasteiger partial charge in [-0.1, -0.05) is 31.1 Å². The molecule has 2 aromatic rings. The Morgan fingerprint density at radius 2 is 2.00 bits per heavy atom. The van der Waals surface area contributed by atoms with E-state index in [9.17, 15) is 4.79 Å². The number of carbonyl (C=O) groups excluding carboxylic acids is 1. The topological polar surface area (TPSA) is 82.8 Å². The molecule has 1 aromatic carbocycles. The summed E-state index contributed by atoms with van der Waals surface area (Å²) in [5, 5.41) is 10.8. The predicted octanol–water partition coefficient (Wildman–Crippen LogP) is 2.41. The molecule has 0 radical (unpaired) electrons. The van der Waals surface area contributed by atoms with Gasteiger partial charge in [0.25, 0.3) is 5.91 Å². The van der Waals surface area contributed by atoms with Gasteiger partial charge in [0.1, 0.15) is 5.76 Å². The SMILES string of the molecule is CCc1noc(CC)c1CNC(=NC)NCCc1cccc(C(=O)N(C)C)c1. The second-order valence-electron chi connectivity index (χ2n) is 6.74. The molecule has 0 spiro atoms. The van der Waals surface area contributed by atoms with E-state index in [0.29, 0.717) is 18.7 Å². The molecule has 0 aliphatic heterocycles. The Bertz CT molecular complexity index is 789. The number of nitrogens with one attached hydrogen (secondary N) is 2. The van der Waals surface area contributed by atoms with Crippen molar-refractivity contribution >= 4 is 11.9 Å². The van der Waals surface area contributed by atoms with Gasteiger partial charge in [-0.15, -0.1) is 0 Å². The number of hydrogen-bond donors (Lipinski definition) is 2. The van der Waals surface area contributed by atoms with E-state index < -0.39 is 0 Å². The lowest BCUT2D eigenvalue weighted by atomic mass is 10.1. The van der Waals surface area contributed by atoms with Crippen LogP contribution in [0.25, 0.3) is 0 Å². The molecule has 7 heteroatoms. The Morgan fingerprint density at radius 1 is 1.21 bits per heavy atom. The van der Waals surface area contributed by atoms with E-state index in [0.717, 1.165) is 47.8 Å². The number of nitrogens with zero attached hydrogens (tertiary/aromatic N) is 3. The first-order valence-corrected chi connectivity index (χ1v) is 9.71. The van der Waals surface area contributed by atoms with Crippen LogP contribution in [-0.2, 0) is 25.8 Å². The molecule has 0 unspecified atom stereocenters. The van der Waals surface area contributed by atoms with Crippen LogP contribution < -0.4 is 10.6 Å². The molecule has 0 saturated heterocycles. The fourth-order valence-electron chi connectivity index (χ4n) is 2.97. The number of aryl methyl sites for hydroxylation is 2. The van der Waals surface area contributed by atoms with Crippen LogP contribution >= 0.6 is 0 Å². The van der Waals surface area contributed by atoms with Crippen molar-refractivity contribution in [1.29, 1.82) is 0 Å². The molecule has 1 aromatic heterocycles. The van der Waals surface area contributed by atoms with Crippen LogP contribution in [-0.4, -0.2) is 49.6 Å². The number of hydrogen-bond acceptors (Lipinski definition) is 4. The average Bonchev–Trinajstić information content (AvgIpc) is 3.12. The summed E-state index contributed by atoms with van der Waals surface area (Å²) < 4.78 is 5.41. The van der Waals surface area contributed by atoms with Gasteiger partial charge in [0.05, 0.1) is 5.69 Å². The van der Waals surface area contributed by atoms with Crippen molar-refractivity contribution < 1.29 is 9.32 Å². The maximum absolute atomic E-state index is 12.1. The predicted molar refractivity (Wildman–Crippen MR) is 112 cm³/mol. The van der Waals surface area contributed by atoms with Crippen molar-refractivity contribution in [3.63, 3.8) is 0 Å². The summed E-state index contributed by atoms with van der Waals surface area (Å²) in [7, 11) is 5.27. The number of carbonyl (C=O) groups is 1. The van der Waals surface area contributed by atoms with Crippen molar-refractivity contribution in [2.75, 3.05) is 27.7 Å². The summed E-state index contributed by atoms with van der Waals surface area (Å²) in [6, 6.07) is 7.74. The van der Waals surface area contributed by atoms with Gasteiger partial charge in [-0.3, -0.25) is 9.79 Å². The van der Waals surface area contributed by atoms with E-state index in [4.69, 9.17) is 4.52 Å². The molecule has 1 amide bonds. The van der Waals surface area contributed by atoms with Crippen molar-refractivity contribution in [1.82, 2.24) is 20.7 Å². The van der Waals surface area contributed by atoms with Gasteiger partial charge in [0, 0.05) is 51.8 Å². The van der Waals surface area contributed by atoms with Gasteiger partial charge in [-0.25, -0.2) is 0 Å². The normalized spacial score (nSPS) is 11.4. The molecule has 0 aliphatic rings. The van der Waals surface area contributed by atoms with Gasteiger partial charge in [0.15, 0.2) is 5.96 Å². The van der Waals surface area contributed by atoms with E-state index in [1.165, 1.54) is 0 Å². The molecule has 2 rings (SSSR count). The Hall–Kier alpha value is -2.83. The van der Waals surface area contributed by atoms with Crippen LogP contribution in [0.15, 0.2) is 33.8 Å². The lowest BCUT2D eigenvalue weighted by Gasteiger charge is -2.13. The molecule has 152 valence electrons. The van der Waals surface area contributed by atoms with Crippen LogP contribution in [0.5, 0.6) is 0 Å².